The van der Waals surface area contributed by atoms with Crippen LogP contribution in [0.3, 0.4) is 0 Å². The Balaban J connectivity index is 2.23. The molecule has 0 N–H and O–H groups in total. The molecule has 0 aromatic carbocycles. The van der Waals surface area contributed by atoms with Crippen molar-refractivity contribution < 1.29 is 17.9 Å². The minimum Gasteiger partial charge on any atom is -0.469 e. The van der Waals surface area contributed by atoms with E-state index in [0.717, 1.165) is 22.5 Å². The standard InChI is InChI=1S/C10H10N2O4S3/c1-16-7(13)3-6-4-11-9(17-6)10-12-5-8(18-10)19(2,14)15/h4-5H,3H2,1-2H3. The topological polar surface area (TPSA) is 86.2 Å². The summed E-state index contributed by atoms with van der Waals surface area (Å²) >= 11 is 2.36. The molecule has 0 aliphatic heterocycles. The monoisotopic (exact) mass is 318 g/mol. The molecule has 0 fully saturated rings. The van der Waals surface area contributed by atoms with Gasteiger partial charge in [-0.25, -0.2) is 18.4 Å². The van der Waals surface area contributed by atoms with E-state index in [0.29, 0.717) is 10.0 Å². The zero-order valence-electron chi connectivity index (χ0n) is 10.1. The van der Waals surface area contributed by atoms with E-state index in [4.69, 9.17) is 0 Å². The molecular weight excluding hydrogens is 308 g/mol. The Morgan fingerprint density at radius 2 is 1.89 bits per heavy atom. The second kappa shape index (κ2) is 5.35. The second-order valence-electron chi connectivity index (χ2n) is 3.64. The van der Waals surface area contributed by atoms with E-state index < -0.39 is 9.84 Å². The third-order valence-electron chi connectivity index (χ3n) is 2.13. The lowest BCUT2D eigenvalue weighted by atomic mass is 10.4. The van der Waals surface area contributed by atoms with Gasteiger partial charge in [-0.2, -0.15) is 0 Å². The average Bonchev–Trinajstić information content (AvgIpc) is 2.95. The zero-order valence-corrected chi connectivity index (χ0v) is 12.6. The molecule has 2 heterocycles. The molecule has 19 heavy (non-hydrogen) atoms. The van der Waals surface area contributed by atoms with Gasteiger partial charge in [0.05, 0.1) is 19.7 Å². The molecule has 0 aliphatic rings. The van der Waals surface area contributed by atoms with Crippen LogP contribution in [0.15, 0.2) is 16.6 Å². The number of hydrogen-bond acceptors (Lipinski definition) is 8. The van der Waals surface area contributed by atoms with Gasteiger partial charge in [0.25, 0.3) is 0 Å². The summed E-state index contributed by atoms with van der Waals surface area (Å²) in [5, 5.41) is 1.13. The van der Waals surface area contributed by atoms with Crippen molar-refractivity contribution in [2.24, 2.45) is 0 Å². The maximum atomic E-state index is 11.4. The molecule has 9 heteroatoms. The summed E-state index contributed by atoms with van der Waals surface area (Å²) in [5.41, 5.74) is 0. The van der Waals surface area contributed by atoms with Gasteiger partial charge < -0.3 is 4.74 Å². The number of sulfone groups is 1. The van der Waals surface area contributed by atoms with Gasteiger partial charge in [0.1, 0.15) is 4.21 Å². The van der Waals surface area contributed by atoms with Crippen LogP contribution < -0.4 is 0 Å². The number of thiazole rings is 2. The number of aromatic nitrogens is 2. The normalized spacial score (nSPS) is 11.5. The Bertz CT molecular complexity index is 702. The summed E-state index contributed by atoms with van der Waals surface area (Å²) in [6.45, 7) is 0. The first-order valence-electron chi connectivity index (χ1n) is 5.08. The fraction of sp³-hybridized carbons (Fsp3) is 0.300. The van der Waals surface area contributed by atoms with Gasteiger partial charge in [-0.15, -0.1) is 11.3 Å². The summed E-state index contributed by atoms with van der Waals surface area (Å²) in [7, 11) is -1.92. The van der Waals surface area contributed by atoms with E-state index in [-0.39, 0.29) is 16.6 Å². The molecule has 6 nitrogen and oxygen atoms in total. The first kappa shape index (κ1) is 14.1. The van der Waals surface area contributed by atoms with Crippen LogP contribution in [0.4, 0.5) is 0 Å². The Morgan fingerprint density at radius 3 is 2.47 bits per heavy atom. The van der Waals surface area contributed by atoms with Crippen molar-refractivity contribution in [3.63, 3.8) is 0 Å². The number of hydrogen-bond donors (Lipinski definition) is 0. The lowest BCUT2D eigenvalue weighted by Crippen LogP contribution is -2.02. The predicted molar refractivity (Wildman–Crippen MR) is 72.1 cm³/mol. The highest BCUT2D eigenvalue weighted by molar-refractivity contribution is 7.92. The van der Waals surface area contributed by atoms with Gasteiger partial charge in [-0.05, 0) is 0 Å². The van der Waals surface area contributed by atoms with Gasteiger partial charge in [0, 0.05) is 17.3 Å². The van der Waals surface area contributed by atoms with Crippen LogP contribution in [-0.4, -0.2) is 37.7 Å². The van der Waals surface area contributed by atoms with Crippen molar-refractivity contribution in [3.8, 4) is 10.0 Å². The molecule has 0 atom stereocenters. The third kappa shape index (κ3) is 3.37. The molecule has 2 rings (SSSR count). The van der Waals surface area contributed by atoms with Crippen LogP contribution in [0.5, 0.6) is 0 Å². The summed E-state index contributed by atoms with van der Waals surface area (Å²) < 4.78 is 27.5. The number of ether oxygens (including phenoxy) is 1. The number of methoxy groups -OCH3 is 1. The van der Waals surface area contributed by atoms with Crippen LogP contribution in [0.2, 0.25) is 0 Å². The van der Waals surface area contributed by atoms with Gasteiger partial charge >= 0.3 is 5.97 Å². The maximum Gasteiger partial charge on any atom is 0.310 e. The highest BCUT2D eigenvalue weighted by Crippen LogP contribution is 2.31. The minimum atomic E-state index is -3.25. The molecule has 0 aliphatic carbocycles. The molecule has 0 bridgehead atoms. The summed E-state index contributed by atoms with van der Waals surface area (Å²) in [5.74, 6) is -0.342. The largest absolute Gasteiger partial charge is 0.469 e. The van der Waals surface area contributed by atoms with E-state index in [1.807, 2.05) is 0 Å². The van der Waals surface area contributed by atoms with Gasteiger partial charge in [-0.1, -0.05) is 11.3 Å². The van der Waals surface area contributed by atoms with Crippen LogP contribution >= 0.6 is 22.7 Å². The number of rotatable bonds is 4. The molecule has 0 unspecified atom stereocenters. The van der Waals surface area contributed by atoms with Crippen molar-refractivity contribution in [1.82, 2.24) is 9.97 Å². The fourth-order valence-corrected chi connectivity index (χ4v) is 3.90. The van der Waals surface area contributed by atoms with Crippen molar-refractivity contribution in [2.75, 3.05) is 13.4 Å². The van der Waals surface area contributed by atoms with Crippen molar-refractivity contribution in [1.29, 1.82) is 0 Å². The van der Waals surface area contributed by atoms with Gasteiger partial charge in [0.2, 0.25) is 0 Å². The lowest BCUT2D eigenvalue weighted by molar-refractivity contribution is -0.139. The summed E-state index contributed by atoms with van der Waals surface area (Å²) in [6.07, 6.45) is 4.17. The lowest BCUT2D eigenvalue weighted by Gasteiger charge is -1.93. The molecule has 2 aromatic heterocycles. The number of nitrogens with zero attached hydrogens (tertiary/aromatic N) is 2. The highest BCUT2D eigenvalue weighted by atomic mass is 32.2. The van der Waals surface area contributed by atoms with E-state index in [1.165, 1.54) is 24.6 Å². The molecule has 0 amide bonds. The van der Waals surface area contributed by atoms with Crippen LogP contribution in [0, 0.1) is 0 Å². The molecule has 0 radical (unpaired) electrons. The van der Waals surface area contributed by atoms with Gasteiger partial charge in [-0.3, -0.25) is 4.79 Å². The Labute approximate surface area is 118 Å². The van der Waals surface area contributed by atoms with E-state index in [1.54, 1.807) is 6.20 Å². The summed E-state index contributed by atoms with van der Waals surface area (Å²) in [6, 6.07) is 0. The SMILES string of the molecule is COC(=O)Cc1cnc(-c2ncc(S(C)(=O)=O)s2)s1. The number of carbonyl (C=O) groups is 1. The number of esters is 1. The third-order valence-corrected chi connectivity index (χ3v) is 6.06. The molecular formula is C10H10N2O4S3. The zero-order chi connectivity index (χ0) is 14.0. The first-order valence-corrected chi connectivity index (χ1v) is 8.60. The smallest absolute Gasteiger partial charge is 0.310 e. The van der Waals surface area contributed by atoms with Crippen LogP contribution in [-0.2, 0) is 25.8 Å². The maximum absolute atomic E-state index is 11.4. The van der Waals surface area contributed by atoms with Crippen molar-refractivity contribution in [2.45, 2.75) is 10.6 Å². The van der Waals surface area contributed by atoms with E-state index >= 15 is 0 Å². The fourth-order valence-electron chi connectivity index (χ4n) is 1.23. The van der Waals surface area contributed by atoms with Gasteiger partial charge in [0.15, 0.2) is 19.9 Å². The first-order chi connectivity index (χ1) is 8.90. The Kier molecular flexibility index (Phi) is 3.97. The molecule has 0 saturated carbocycles. The predicted octanol–water partition coefficient (Wildman–Crippen LogP) is 1.39. The second-order valence-corrected chi connectivity index (χ2v) is 8.03. The minimum absolute atomic E-state index is 0.151. The van der Waals surface area contributed by atoms with Crippen LogP contribution in [0.1, 0.15) is 4.88 Å². The van der Waals surface area contributed by atoms with Crippen molar-refractivity contribution in [3.05, 3.63) is 17.3 Å². The summed E-state index contributed by atoms with van der Waals surface area (Å²) in [4.78, 5) is 20.0. The molecule has 102 valence electrons. The van der Waals surface area contributed by atoms with E-state index in [9.17, 15) is 13.2 Å². The number of carbonyl (C=O) groups excluding carboxylic acids is 1. The van der Waals surface area contributed by atoms with E-state index in [2.05, 4.69) is 14.7 Å². The Hall–Kier alpha value is -1.32. The highest BCUT2D eigenvalue weighted by Gasteiger charge is 2.16. The molecule has 0 spiro atoms. The average molecular weight is 318 g/mol. The quantitative estimate of drug-likeness (QED) is 0.792. The molecule has 0 saturated heterocycles. The van der Waals surface area contributed by atoms with Crippen molar-refractivity contribution >= 4 is 38.5 Å². The van der Waals surface area contributed by atoms with Crippen LogP contribution in [0.25, 0.3) is 10.0 Å². The Morgan fingerprint density at radius 1 is 1.26 bits per heavy atom. The molecule has 2 aromatic rings.